The third-order valence-corrected chi connectivity index (χ3v) is 7.41. The lowest BCUT2D eigenvalue weighted by Crippen LogP contribution is -2.40. The third kappa shape index (κ3) is 8.01. The summed E-state index contributed by atoms with van der Waals surface area (Å²) in [5.74, 6) is -1.11. The van der Waals surface area contributed by atoms with E-state index in [0.29, 0.717) is 43.4 Å². The van der Waals surface area contributed by atoms with Gasteiger partial charge < -0.3 is 5.11 Å². The number of halogens is 7. The van der Waals surface area contributed by atoms with E-state index < -0.39 is 35.5 Å². The molecule has 40 heavy (non-hydrogen) atoms. The molecule has 4 rings (SSSR count). The van der Waals surface area contributed by atoms with E-state index in [1.165, 1.54) is 24.3 Å². The molecule has 0 spiro atoms. The standard InChI is InChI=1S/C30H29F6NO2.ClH/c31-29(32,33)24-11-7-22(8-12-24)26(15-6-20-4-2-1-3-5-20)37-17-16-21(19-28(38)39)18-27(37)23-9-13-25(14-10-23)30(34,35)36;/h1-5,7-14,21,26-27H,6,15-19H2,(H,38,39);1H. The fraction of sp³-hybridized carbons (Fsp3) is 0.367. The highest BCUT2D eigenvalue weighted by Crippen LogP contribution is 2.43. The first-order valence-corrected chi connectivity index (χ1v) is 12.8. The molecule has 1 saturated heterocycles. The van der Waals surface area contributed by atoms with Crippen molar-refractivity contribution in [2.24, 2.45) is 5.92 Å². The Labute approximate surface area is 235 Å². The summed E-state index contributed by atoms with van der Waals surface area (Å²) in [4.78, 5) is 13.6. The summed E-state index contributed by atoms with van der Waals surface area (Å²) >= 11 is 0. The summed E-state index contributed by atoms with van der Waals surface area (Å²) in [6.45, 7) is 0.462. The van der Waals surface area contributed by atoms with Gasteiger partial charge in [0.1, 0.15) is 0 Å². The highest BCUT2D eigenvalue weighted by molar-refractivity contribution is 5.85. The number of alkyl halides is 6. The summed E-state index contributed by atoms with van der Waals surface area (Å²) in [6, 6.07) is 18.8. The smallest absolute Gasteiger partial charge is 0.416 e. The molecule has 0 amide bonds. The molecule has 3 unspecified atom stereocenters. The molecule has 10 heteroatoms. The molecule has 216 valence electrons. The average Bonchev–Trinajstić information content (AvgIpc) is 2.89. The van der Waals surface area contributed by atoms with Gasteiger partial charge in [0.2, 0.25) is 0 Å². The maximum atomic E-state index is 13.3. The molecular weight excluding hydrogens is 556 g/mol. The monoisotopic (exact) mass is 585 g/mol. The molecule has 0 saturated carbocycles. The van der Waals surface area contributed by atoms with Gasteiger partial charge in [0.15, 0.2) is 0 Å². The zero-order valence-corrected chi connectivity index (χ0v) is 22.3. The van der Waals surface area contributed by atoms with Crippen molar-refractivity contribution in [2.45, 2.75) is 56.5 Å². The third-order valence-electron chi connectivity index (χ3n) is 7.41. The van der Waals surface area contributed by atoms with E-state index in [4.69, 9.17) is 0 Å². The minimum absolute atomic E-state index is 0. The van der Waals surface area contributed by atoms with Gasteiger partial charge in [-0.3, -0.25) is 9.69 Å². The van der Waals surface area contributed by atoms with E-state index in [-0.39, 0.29) is 30.8 Å². The molecule has 1 aliphatic heterocycles. The van der Waals surface area contributed by atoms with Crippen molar-refractivity contribution in [3.8, 4) is 0 Å². The van der Waals surface area contributed by atoms with Gasteiger partial charge in [0.05, 0.1) is 11.1 Å². The van der Waals surface area contributed by atoms with Gasteiger partial charge in [-0.1, -0.05) is 54.6 Å². The van der Waals surface area contributed by atoms with Gasteiger partial charge in [-0.15, -0.1) is 12.4 Å². The average molecular weight is 586 g/mol. The molecule has 0 aromatic heterocycles. The van der Waals surface area contributed by atoms with E-state index in [9.17, 15) is 36.2 Å². The second-order valence-corrected chi connectivity index (χ2v) is 10.0. The van der Waals surface area contributed by atoms with Crippen molar-refractivity contribution >= 4 is 18.4 Å². The number of aryl methyl sites for hydroxylation is 1. The Balaban J connectivity index is 0.00000441. The molecular formula is C30H30ClF6NO2. The molecule has 1 fully saturated rings. The molecule has 1 heterocycles. The number of carbonyl (C=O) groups is 1. The largest absolute Gasteiger partial charge is 0.481 e. The minimum Gasteiger partial charge on any atom is -0.481 e. The molecule has 1 N–H and O–H groups in total. The quantitative estimate of drug-likeness (QED) is 0.269. The highest BCUT2D eigenvalue weighted by atomic mass is 35.5. The highest BCUT2D eigenvalue weighted by Gasteiger charge is 2.37. The van der Waals surface area contributed by atoms with Crippen LogP contribution >= 0.6 is 12.4 Å². The van der Waals surface area contributed by atoms with Crippen LogP contribution in [-0.2, 0) is 23.6 Å². The lowest BCUT2D eigenvalue weighted by molar-refractivity contribution is -0.139. The molecule has 1 aliphatic rings. The van der Waals surface area contributed by atoms with Crippen molar-refractivity contribution in [3.63, 3.8) is 0 Å². The molecule has 3 aromatic carbocycles. The van der Waals surface area contributed by atoms with E-state index in [1.807, 2.05) is 30.3 Å². The lowest BCUT2D eigenvalue weighted by Gasteiger charge is -2.44. The van der Waals surface area contributed by atoms with Crippen LogP contribution in [0.1, 0.15) is 65.6 Å². The number of carboxylic acid groups (broad SMARTS) is 1. The van der Waals surface area contributed by atoms with Gasteiger partial charge in [0, 0.05) is 18.5 Å². The maximum absolute atomic E-state index is 13.3. The predicted molar refractivity (Wildman–Crippen MR) is 142 cm³/mol. The van der Waals surface area contributed by atoms with Crippen LogP contribution in [0.25, 0.3) is 0 Å². The van der Waals surface area contributed by atoms with Crippen LogP contribution in [-0.4, -0.2) is 22.5 Å². The van der Waals surface area contributed by atoms with Crippen LogP contribution in [0.15, 0.2) is 78.9 Å². The summed E-state index contributed by atoms with van der Waals surface area (Å²) in [7, 11) is 0. The first-order chi connectivity index (χ1) is 18.4. The molecule has 0 aliphatic carbocycles. The summed E-state index contributed by atoms with van der Waals surface area (Å²) in [5.41, 5.74) is 0.815. The molecule has 3 atom stereocenters. The van der Waals surface area contributed by atoms with E-state index in [1.54, 1.807) is 0 Å². The summed E-state index contributed by atoms with van der Waals surface area (Å²) in [5, 5.41) is 9.37. The van der Waals surface area contributed by atoms with Gasteiger partial charge in [0.25, 0.3) is 0 Å². The summed E-state index contributed by atoms with van der Waals surface area (Å²) < 4.78 is 79.4. The van der Waals surface area contributed by atoms with Crippen molar-refractivity contribution in [3.05, 3.63) is 107 Å². The maximum Gasteiger partial charge on any atom is 0.416 e. The predicted octanol–water partition coefficient (Wildman–Crippen LogP) is 8.75. The van der Waals surface area contributed by atoms with Gasteiger partial charge in [-0.05, 0) is 79.1 Å². The zero-order chi connectivity index (χ0) is 28.2. The number of hydrogen-bond donors (Lipinski definition) is 1. The molecule has 3 nitrogen and oxygen atoms in total. The number of nitrogens with zero attached hydrogens (tertiary/aromatic N) is 1. The van der Waals surface area contributed by atoms with Gasteiger partial charge in [-0.25, -0.2) is 0 Å². The first-order valence-electron chi connectivity index (χ1n) is 12.8. The van der Waals surface area contributed by atoms with Crippen LogP contribution < -0.4 is 0 Å². The number of likely N-dealkylation sites (tertiary alicyclic amines) is 1. The fourth-order valence-electron chi connectivity index (χ4n) is 5.45. The van der Waals surface area contributed by atoms with Crippen molar-refractivity contribution in [2.75, 3.05) is 6.54 Å². The molecule has 0 bridgehead atoms. The van der Waals surface area contributed by atoms with Crippen LogP contribution in [0.3, 0.4) is 0 Å². The fourth-order valence-corrected chi connectivity index (χ4v) is 5.45. The zero-order valence-electron chi connectivity index (χ0n) is 21.5. The second kappa shape index (κ2) is 13.1. The van der Waals surface area contributed by atoms with Crippen molar-refractivity contribution in [1.82, 2.24) is 4.90 Å². The minimum atomic E-state index is -4.49. The molecule has 3 aromatic rings. The van der Waals surface area contributed by atoms with E-state index in [0.717, 1.165) is 29.8 Å². The van der Waals surface area contributed by atoms with Crippen LogP contribution in [0.4, 0.5) is 26.3 Å². The Hall–Kier alpha value is -3.04. The number of carboxylic acids is 1. The Morgan fingerprint density at radius 2 is 1.40 bits per heavy atom. The Kier molecular flexibility index (Phi) is 10.3. The van der Waals surface area contributed by atoms with Crippen LogP contribution in [0.5, 0.6) is 0 Å². The SMILES string of the molecule is Cl.O=C(O)CC1CCN(C(CCc2ccccc2)c2ccc(C(F)(F)F)cc2)C(c2ccc(C(F)(F)F)cc2)C1. The molecule has 0 radical (unpaired) electrons. The normalized spacial score (nSPS) is 19.1. The Bertz CT molecular complexity index is 1230. The Morgan fingerprint density at radius 1 is 0.850 bits per heavy atom. The first kappa shape index (κ1) is 31.5. The number of benzene rings is 3. The van der Waals surface area contributed by atoms with Gasteiger partial charge in [-0.2, -0.15) is 26.3 Å². The number of piperidine rings is 1. The Morgan fingerprint density at radius 3 is 1.93 bits per heavy atom. The number of rotatable bonds is 8. The van der Waals surface area contributed by atoms with Gasteiger partial charge >= 0.3 is 18.3 Å². The van der Waals surface area contributed by atoms with Crippen molar-refractivity contribution in [1.29, 1.82) is 0 Å². The summed E-state index contributed by atoms with van der Waals surface area (Å²) in [6.07, 6.45) is -6.84. The van der Waals surface area contributed by atoms with Crippen LogP contribution in [0.2, 0.25) is 0 Å². The van der Waals surface area contributed by atoms with E-state index in [2.05, 4.69) is 4.90 Å². The number of aliphatic carboxylic acids is 1. The van der Waals surface area contributed by atoms with E-state index >= 15 is 0 Å². The topological polar surface area (TPSA) is 40.5 Å². The second-order valence-electron chi connectivity index (χ2n) is 10.0. The van der Waals surface area contributed by atoms with Crippen LogP contribution in [0, 0.1) is 5.92 Å². The lowest BCUT2D eigenvalue weighted by atomic mass is 9.82. The van der Waals surface area contributed by atoms with Crippen molar-refractivity contribution < 1.29 is 36.2 Å². The number of hydrogen-bond acceptors (Lipinski definition) is 2.